The van der Waals surface area contributed by atoms with Crippen LogP contribution in [0.5, 0.6) is 5.75 Å². The lowest BCUT2D eigenvalue weighted by Gasteiger charge is -2.16. The summed E-state index contributed by atoms with van der Waals surface area (Å²) in [4.78, 5) is 12.7. The zero-order valence-electron chi connectivity index (χ0n) is 17.9. The first-order valence-electron chi connectivity index (χ1n) is 10.2. The summed E-state index contributed by atoms with van der Waals surface area (Å²) in [6, 6.07) is 11.4. The van der Waals surface area contributed by atoms with Gasteiger partial charge in [-0.05, 0) is 42.3 Å². The number of nitrogens with zero attached hydrogens (tertiary/aromatic N) is 2. The first-order chi connectivity index (χ1) is 15.6. The van der Waals surface area contributed by atoms with Crippen molar-refractivity contribution in [2.24, 2.45) is 0 Å². The Balaban J connectivity index is 1.63. The molecule has 0 radical (unpaired) electrons. The molecule has 1 amide bonds. The van der Waals surface area contributed by atoms with Crippen molar-refractivity contribution in [1.82, 2.24) is 15.1 Å². The molecule has 33 heavy (non-hydrogen) atoms. The lowest BCUT2D eigenvalue weighted by molar-refractivity contribution is -0.137. The van der Waals surface area contributed by atoms with E-state index in [4.69, 9.17) is 16.3 Å². The Morgan fingerprint density at radius 1 is 1.21 bits per heavy atom. The maximum absolute atomic E-state index is 12.8. The Bertz CT molecular complexity index is 1120. The van der Waals surface area contributed by atoms with E-state index in [0.717, 1.165) is 12.1 Å². The van der Waals surface area contributed by atoms with Gasteiger partial charge in [-0.1, -0.05) is 37.6 Å². The van der Waals surface area contributed by atoms with Crippen LogP contribution in [0.4, 0.5) is 13.2 Å². The molecule has 0 aliphatic heterocycles. The number of carbonyl (C=O) groups excluding carboxylic acids is 1. The molecule has 0 saturated carbocycles. The fourth-order valence-electron chi connectivity index (χ4n) is 3.22. The molecule has 1 unspecified atom stereocenters. The van der Waals surface area contributed by atoms with Gasteiger partial charge in [-0.25, -0.2) is 4.68 Å². The Hall–Kier alpha value is -3.04. The first-order valence-corrected chi connectivity index (χ1v) is 10.5. The minimum atomic E-state index is -4.49. The molecule has 0 aliphatic carbocycles. The van der Waals surface area contributed by atoms with E-state index in [-0.39, 0.29) is 24.8 Å². The van der Waals surface area contributed by atoms with E-state index in [1.165, 1.54) is 18.3 Å². The molecule has 0 aliphatic rings. The molecule has 3 aromatic rings. The summed E-state index contributed by atoms with van der Waals surface area (Å²) in [5.74, 6) is -0.508. The minimum Gasteiger partial charge on any atom is -0.491 e. The number of hydrogen-bond donors (Lipinski definition) is 2. The number of aliphatic hydroxyl groups is 1. The molecule has 0 bridgehead atoms. The van der Waals surface area contributed by atoms with Crippen molar-refractivity contribution in [3.63, 3.8) is 0 Å². The van der Waals surface area contributed by atoms with Crippen molar-refractivity contribution < 1.29 is 27.8 Å². The number of benzene rings is 2. The molecule has 10 heteroatoms. The smallest absolute Gasteiger partial charge is 0.416 e. The zero-order chi connectivity index (χ0) is 24.2. The van der Waals surface area contributed by atoms with Crippen molar-refractivity contribution in [2.75, 3.05) is 13.2 Å². The van der Waals surface area contributed by atoms with Gasteiger partial charge < -0.3 is 15.2 Å². The summed E-state index contributed by atoms with van der Waals surface area (Å²) in [5.41, 5.74) is 0.876. The van der Waals surface area contributed by atoms with Gasteiger partial charge in [0, 0.05) is 11.6 Å². The van der Waals surface area contributed by atoms with Crippen molar-refractivity contribution in [1.29, 1.82) is 0 Å². The monoisotopic (exact) mass is 481 g/mol. The first kappa shape index (κ1) is 24.6. The fourth-order valence-corrected chi connectivity index (χ4v) is 3.41. The Labute approximate surface area is 193 Å². The molecule has 176 valence electrons. The number of amides is 1. The van der Waals surface area contributed by atoms with Gasteiger partial charge in [0.15, 0.2) is 0 Å². The van der Waals surface area contributed by atoms with Gasteiger partial charge in [-0.3, -0.25) is 4.79 Å². The van der Waals surface area contributed by atoms with Crippen molar-refractivity contribution in [2.45, 2.75) is 32.0 Å². The van der Waals surface area contributed by atoms with Crippen LogP contribution in [0.3, 0.4) is 0 Å². The zero-order valence-corrected chi connectivity index (χ0v) is 18.7. The van der Waals surface area contributed by atoms with E-state index in [1.807, 2.05) is 19.9 Å². The molecule has 1 atom stereocenters. The molecular weight excluding hydrogens is 459 g/mol. The van der Waals surface area contributed by atoms with Gasteiger partial charge in [-0.15, -0.1) is 0 Å². The Morgan fingerprint density at radius 3 is 2.61 bits per heavy atom. The molecule has 0 fully saturated rings. The summed E-state index contributed by atoms with van der Waals surface area (Å²) in [5, 5.41) is 17.6. The van der Waals surface area contributed by atoms with Crippen LogP contribution in [-0.4, -0.2) is 40.0 Å². The number of aromatic nitrogens is 2. The highest BCUT2D eigenvalue weighted by atomic mass is 35.5. The quantitative estimate of drug-likeness (QED) is 0.483. The number of hydrogen-bond acceptors (Lipinski definition) is 4. The van der Waals surface area contributed by atoms with Crippen LogP contribution in [0, 0.1) is 0 Å². The summed E-state index contributed by atoms with van der Waals surface area (Å²) in [6.07, 6.45) is -4.18. The second-order valence-corrected chi connectivity index (χ2v) is 8.13. The highest BCUT2D eigenvalue weighted by Gasteiger charge is 2.30. The van der Waals surface area contributed by atoms with Crippen molar-refractivity contribution in [3.05, 3.63) is 76.6 Å². The second kappa shape index (κ2) is 10.3. The van der Waals surface area contributed by atoms with Gasteiger partial charge >= 0.3 is 6.18 Å². The van der Waals surface area contributed by atoms with Crippen molar-refractivity contribution in [3.8, 4) is 11.4 Å². The molecule has 3 rings (SSSR count). The normalized spacial score (nSPS) is 12.6. The summed E-state index contributed by atoms with van der Waals surface area (Å²) < 4.78 is 45.3. The molecular formula is C23H23ClF3N3O3. The van der Waals surface area contributed by atoms with Gasteiger partial charge in [0.05, 0.1) is 28.7 Å². The van der Waals surface area contributed by atoms with E-state index < -0.39 is 23.8 Å². The maximum atomic E-state index is 12.8. The molecule has 1 heterocycles. The van der Waals surface area contributed by atoms with Crippen LogP contribution in [-0.2, 0) is 6.18 Å². The third-order valence-corrected chi connectivity index (χ3v) is 4.99. The van der Waals surface area contributed by atoms with E-state index in [1.54, 1.807) is 22.9 Å². The highest BCUT2D eigenvalue weighted by Crippen LogP contribution is 2.31. The van der Waals surface area contributed by atoms with Gasteiger partial charge in [0.2, 0.25) is 0 Å². The predicted molar refractivity (Wildman–Crippen MR) is 118 cm³/mol. The molecule has 1 aromatic heterocycles. The number of ether oxygens (including phenoxy) is 1. The lowest BCUT2D eigenvalue weighted by atomic mass is 10.0. The van der Waals surface area contributed by atoms with E-state index in [9.17, 15) is 23.1 Å². The molecule has 0 saturated heterocycles. The predicted octanol–water partition coefficient (Wildman–Crippen LogP) is 4.84. The van der Waals surface area contributed by atoms with Gasteiger partial charge in [0.25, 0.3) is 5.91 Å². The molecule has 2 N–H and O–H groups in total. The third kappa shape index (κ3) is 6.27. The topological polar surface area (TPSA) is 76.4 Å². The van der Waals surface area contributed by atoms with Crippen LogP contribution >= 0.6 is 11.6 Å². The van der Waals surface area contributed by atoms with Crippen molar-refractivity contribution >= 4 is 17.5 Å². The van der Waals surface area contributed by atoms with Crippen LogP contribution in [0.2, 0.25) is 5.02 Å². The fraction of sp³-hybridized carbons (Fsp3) is 0.304. The Morgan fingerprint density at radius 2 is 1.94 bits per heavy atom. The maximum Gasteiger partial charge on any atom is 0.416 e. The summed E-state index contributed by atoms with van der Waals surface area (Å²) in [6.45, 7) is 3.40. The van der Waals surface area contributed by atoms with E-state index in [0.29, 0.717) is 22.0 Å². The third-order valence-electron chi connectivity index (χ3n) is 4.75. The minimum absolute atomic E-state index is 0.0277. The number of alkyl halides is 3. The molecule has 2 aromatic carbocycles. The number of nitrogens with one attached hydrogen (secondary N) is 1. The number of aliphatic hydroxyl groups excluding tert-OH is 1. The summed E-state index contributed by atoms with van der Waals surface area (Å²) >= 11 is 6.07. The molecule has 6 nitrogen and oxygen atoms in total. The van der Waals surface area contributed by atoms with Crippen LogP contribution in [0.1, 0.15) is 41.4 Å². The highest BCUT2D eigenvalue weighted by molar-refractivity contribution is 6.30. The standard InChI is InChI=1S/C23H23ClF3N3O3/c1-14(2)21-20(12-29-30(21)17-7-4-6-16(24)10-17)22(32)28-11-18(31)13-33-19-8-3-5-15(9-19)23(25,26)27/h3-10,12,14,18,31H,11,13H2,1-2H3,(H,28,32). The molecule has 0 spiro atoms. The lowest BCUT2D eigenvalue weighted by Crippen LogP contribution is -2.35. The number of halogens is 4. The average molecular weight is 482 g/mol. The van der Waals surface area contributed by atoms with Crippen LogP contribution in [0.25, 0.3) is 5.69 Å². The average Bonchev–Trinajstić information content (AvgIpc) is 3.21. The largest absolute Gasteiger partial charge is 0.491 e. The van der Waals surface area contributed by atoms with E-state index in [2.05, 4.69) is 10.4 Å². The second-order valence-electron chi connectivity index (χ2n) is 7.69. The number of carbonyl (C=O) groups is 1. The van der Waals surface area contributed by atoms with E-state index >= 15 is 0 Å². The number of rotatable bonds is 8. The van der Waals surface area contributed by atoms with Crippen LogP contribution < -0.4 is 10.1 Å². The summed E-state index contributed by atoms with van der Waals surface area (Å²) in [7, 11) is 0. The van der Waals surface area contributed by atoms with Crippen LogP contribution in [0.15, 0.2) is 54.7 Å². The van der Waals surface area contributed by atoms with Gasteiger partial charge in [0.1, 0.15) is 18.5 Å². The van der Waals surface area contributed by atoms with Gasteiger partial charge in [-0.2, -0.15) is 18.3 Å². The Kier molecular flexibility index (Phi) is 7.65. The SMILES string of the molecule is CC(C)c1c(C(=O)NCC(O)COc2cccc(C(F)(F)F)c2)cnn1-c1cccc(Cl)c1.